The number of fused-ring (bicyclic) bond motifs is 3. The van der Waals surface area contributed by atoms with Gasteiger partial charge in [-0.15, -0.1) is 16.4 Å². The van der Waals surface area contributed by atoms with E-state index in [2.05, 4.69) is 46.7 Å². The number of thiazole rings is 1. The molecule has 0 spiro atoms. The van der Waals surface area contributed by atoms with Gasteiger partial charge in [0.1, 0.15) is 34.2 Å². The van der Waals surface area contributed by atoms with Crippen LogP contribution in [-0.2, 0) is 19.4 Å². The molecule has 0 radical (unpaired) electrons. The van der Waals surface area contributed by atoms with Crippen LogP contribution >= 0.6 is 11.3 Å². The average molecular weight is 551 g/mol. The van der Waals surface area contributed by atoms with E-state index in [0.717, 1.165) is 73.5 Å². The van der Waals surface area contributed by atoms with Crippen molar-refractivity contribution in [1.29, 1.82) is 0 Å². The lowest BCUT2D eigenvalue weighted by Crippen LogP contribution is -2.51. The summed E-state index contributed by atoms with van der Waals surface area (Å²) in [5.74, 6) is 1.74. The summed E-state index contributed by atoms with van der Waals surface area (Å²) in [7, 11) is 0. The number of benzene rings is 2. The van der Waals surface area contributed by atoms with Crippen LogP contribution in [0, 0.1) is 13.8 Å². The molecule has 0 atom stereocenters. The Morgan fingerprint density at radius 3 is 2.42 bits per heavy atom. The number of rotatable bonds is 6. The Bertz CT molecular complexity index is 1580. The number of aryl methyl sites for hydroxylation is 2. The Morgan fingerprint density at radius 2 is 1.65 bits per heavy atom. The summed E-state index contributed by atoms with van der Waals surface area (Å²) in [4.78, 5) is 15.8. The monoisotopic (exact) mass is 550 g/mol. The van der Waals surface area contributed by atoms with Crippen LogP contribution in [0.3, 0.4) is 0 Å². The Kier molecular flexibility index (Phi) is 6.73. The summed E-state index contributed by atoms with van der Waals surface area (Å²) in [6, 6.07) is 18.4. The van der Waals surface area contributed by atoms with Gasteiger partial charge < -0.3 is 4.74 Å². The number of hydrogen-bond acceptors (Lipinski definition) is 7. The summed E-state index contributed by atoms with van der Waals surface area (Å²) >= 11 is 1.79. The summed E-state index contributed by atoms with van der Waals surface area (Å²) in [5.41, 5.74) is 8.76. The maximum absolute atomic E-state index is 6.06. The van der Waals surface area contributed by atoms with Crippen LogP contribution < -0.4 is 9.75 Å². The standard InChI is InChI=1S/C32H34N6OS/c1-22-23(2)40-32(35-22)29-27-13-6-7-14-28(27)31-30(29)33-21-34-38(31)37-17-15-36(16-18-37)20-24-9-8-12-26(19-24)39-25-10-4-3-5-11-25/h3-5,8-12,19,21H,6-7,13-18,20H2,1-2H3. The largest absolute Gasteiger partial charge is 0.457 e. The van der Waals surface area contributed by atoms with E-state index in [9.17, 15) is 0 Å². The van der Waals surface area contributed by atoms with Crippen LogP contribution in [0.5, 0.6) is 11.5 Å². The minimum atomic E-state index is 0.861. The number of aromatic nitrogens is 4. The highest BCUT2D eigenvalue weighted by Crippen LogP contribution is 2.46. The molecule has 40 heavy (non-hydrogen) atoms. The van der Waals surface area contributed by atoms with Gasteiger partial charge in [-0.3, -0.25) is 9.91 Å². The maximum Gasteiger partial charge on any atom is 0.138 e. The second kappa shape index (κ2) is 10.7. The zero-order valence-electron chi connectivity index (χ0n) is 23.1. The molecular weight excluding hydrogens is 516 g/mol. The van der Waals surface area contributed by atoms with Crippen molar-refractivity contribution in [3.63, 3.8) is 0 Å². The van der Waals surface area contributed by atoms with Gasteiger partial charge in [-0.25, -0.2) is 9.97 Å². The normalized spacial score (nSPS) is 15.9. The molecule has 3 heterocycles. The fraction of sp³-hybridized carbons (Fsp3) is 0.344. The Labute approximate surface area is 239 Å². The van der Waals surface area contributed by atoms with Gasteiger partial charge in [0.15, 0.2) is 0 Å². The first-order valence-electron chi connectivity index (χ1n) is 14.3. The molecule has 0 N–H and O–H groups in total. The Balaban J connectivity index is 1.10. The van der Waals surface area contributed by atoms with Gasteiger partial charge in [0, 0.05) is 43.2 Å². The summed E-state index contributed by atoms with van der Waals surface area (Å²) in [5, 5.41) is 8.31. The molecule has 4 aliphatic rings. The average Bonchev–Trinajstić information content (AvgIpc) is 3.50. The molecule has 2 aliphatic heterocycles. The minimum absolute atomic E-state index is 0.861. The molecule has 1 aromatic heterocycles. The molecule has 2 aromatic carbocycles. The molecule has 8 heteroatoms. The molecule has 7 rings (SSSR count). The van der Waals surface area contributed by atoms with Crippen molar-refractivity contribution in [2.75, 3.05) is 31.2 Å². The highest BCUT2D eigenvalue weighted by Gasteiger charge is 2.33. The van der Waals surface area contributed by atoms with Gasteiger partial charge in [0.25, 0.3) is 0 Å². The zero-order chi connectivity index (χ0) is 27.1. The predicted octanol–water partition coefficient (Wildman–Crippen LogP) is 6.25. The van der Waals surface area contributed by atoms with Crippen LogP contribution in [0.15, 0.2) is 60.9 Å². The van der Waals surface area contributed by atoms with Gasteiger partial charge in [-0.05, 0) is 80.5 Å². The van der Waals surface area contributed by atoms with Crippen LogP contribution in [0.25, 0.3) is 22.0 Å². The van der Waals surface area contributed by atoms with E-state index in [1.54, 1.807) is 17.7 Å². The summed E-state index contributed by atoms with van der Waals surface area (Å²) < 4.78 is 6.06. The molecule has 7 nitrogen and oxygen atoms in total. The first kappa shape index (κ1) is 25.2. The lowest BCUT2D eigenvalue weighted by atomic mass is 9.93. The lowest BCUT2D eigenvalue weighted by Gasteiger charge is -2.37. The van der Waals surface area contributed by atoms with Gasteiger partial charge >= 0.3 is 0 Å². The van der Waals surface area contributed by atoms with Gasteiger partial charge in [-0.1, -0.05) is 30.3 Å². The molecule has 1 saturated heterocycles. The van der Waals surface area contributed by atoms with Gasteiger partial charge in [-0.2, -0.15) is 4.79 Å². The quantitative estimate of drug-likeness (QED) is 0.249. The number of para-hydroxylation sites is 1. The number of ether oxygens (including phenoxy) is 1. The molecule has 0 bridgehead atoms. The van der Waals surface area contributed by atoms with Crippen molar-refractivity contribution >= 4 is 11.3 Å². The molecule has 0 amide bonds. The van der Waals surface area contributed by atoms with E-state index in [-0.39, 0.29) is 0 Å². The third-order valence-electron chi connectivity index (χ3n) is 8.21. The fourth-order valence-corrected chi connectivity index (χ4v) is 7.07. The van der Waals surface area contributed by atoms with Crippen molar-refractivity contribution in [2.24, 2.45) is 0 Å². The Morgan fingerprint density at radius 1 is 0.875 bits per heavy atom. The van der Waals surface area contributed by atoms with E-state index in [1.807, 2.05) is 36.4 Å². The molecule has 0 unspecified atom stereocenters. The summed E-state index contributed by atoms with van der Waals surface area (Å²) in [6.45, 7) is 8.96. The molecule has 3 aromatic rings. The second-order valence-electron chi connectivity index (χ2n) is 10.8. The van der Waals surface area contributed by atoms with E-state index < -0.39 is 0 Å². The highest BCUT2D eigenvalue weighted by molar-refractivity contribution is 7.15. The van der Waals surface area contributed by atoms with Crippen molar-refractivity contribution in [3.8, 4) is 33.5 Å². The fourth-order valence-electron chi connectivity index (χ4n) is 6.08. The first-order chi connectivity index (χ1) is 19.6. The minimum Gasteiger partial charge on any atom is -0.457 e. The second-order valence-corrected chi connectivity index (χ2v) is 12.0. The first-order valence-corrected chi connectivity index (χ1v) is 15.1. The number of nitrogens with zero attached hydrogens (tertiary/aromatic N) is 6. The highest BCUT2D eigenvalue weighted by atomic mass is 32.1. The van der Waals surface area contributed by atoms with Crippen molar-refractivity contribution in [2.45, 2.75) is 46.1 Å². The predicted molar refractivity (Wildman–Crippen MR) is 160 cm³/mol. The smallest absolute Gasteiger partial charge is 0.138 e. The third kappa shape index (κ3) is 4.75. The van der Waals surface area contributed by atoms with E-state index in [0.29, 0.717) is 0 Å². The summed E-state index contributed by atoms with van der Waals surface area (Å²) in [6.07, 6.45) is 6.36. The van der Waals surface area contributed by atoms with Crippen LogP contribution in [0.2, 0.25) is 0 Å². The molecular formula is C32H34N6OS. The van der Waals surface area contributed by atoms with Crippen LogP contribution in [-0.4, -0.2) is 50.9 Å². The van der Waals surface area contributed by atoms with Crippen molar-refractivity contribution in [1.82, 2.24) is 24.8 Å². The maximum atomic E-state index is 6.06. The van der Waals surface area contributed by atoms with Gasteiger partial charge in [0.05, 0.1) is 5.69 Å². The molecule has 1 fully saturated rings. The van der Waals surface area contributed by atoms with E-state index in [1.165, 1.54) is 45.7 Å². The topological polar surface area (TPSA) is 59.3 Å². The van der Waals surface area contributed by atoms with E-state index in [4.69, 9.17) is 19.8 Å². The SMILES string of the molecule is Cc1nc(-c2c3ncnn(N4CCN(Cc5cccc(Oc6ccccc6)c5)CC4)c-3c3c2CCCC3)sc1C. The van der Waals surface area contributed by atoms with Crippen LogP contribution in [0.4, 0.5) is 0 Å². The number of piperazine rings is 1. The van der Waals surface area contributed by atoms with E-state index >= 15 is 0 Å². The molecule has 0 saturated carbocycles. The Hall–Kier alpha value is -3.75. The molecule has 2 aliphatic carbocycles. The van der Waals surface area contributed by atoms with Crippen molar-refractivity contribution in [3.05, 3.63) is 88.2 Å². The zero-order valence-corrected chi connectivity index (χ0v) is 24.0. The number of hydrogen-bond donors (Lipinski definition) is 0. The van der Waals surface area contributed by atoms with Crippen molar-refractivity contribution < 1.29 is 4.74 Å². The molecule has 204 valence electrons. The van der Waals surface area contributed by atoms with Gasteiger partial charge in [0.2, 0.25) is 0 Å². The third-order valence-corrected chi connectivity index (χ3v) is 9.30. The lowest BCUT2D eigenvalue weighted by molar-refractivity contribution is 0.227. The van der Waals surface area contributed by atoms with Crippen LogP contribution in [0.1, 0.15) is 40.1 Å².